The number of aliphatic hydroxyl groups is 1. The number of pyridine rings is 1. The maximum Gasteiger partial charge on any atom is 0.334 e. The minimum absolute atomic E-state index is 0.00870. The van der Waals surface area contributed by atoms with Gasteiger partial charge >= 0.3 is 6.03 Å². The molecule has 3 N–H and O–H groups in total. The fourth-order valence-electron chi connectivity index (χ4n) is 4.27. The molecule has 4 rings (SSSR count). The Morgan fingerprint density at radius 2 is 1.82 bits per heavy atom. The van der Waals surface area contributed by atoms with E-state index >= 15 is 8.78 Å². The van der Waals surface area contributed by atoms with Gasteiger partial charge in [-0.3, -0.25) is 9.80 Å². The number of hydrogen-bond acceptors (Lipinski definition) is 7. The highest BCUT2D eigenvalue weighted by atomic mass is 19.1. The molecule has 0 saturated heterocycles. The van der Waals surface area contributed by atoms with Crippen molar-refractivity contribution in [2.75, 3.05) is 55.0 Å². The molecule has 0 bridgehead atoms. The Morgan fingerprint density at radius 3 is 2.45 bits per heavy atom. The highest BCUT2D eigenvalue weighted by Crippen LogP contribution is 2.47. The third kappa shape index (κ3) is 4.93. The van der Waals surface area contributed by atoms with Crippen LogP contribution in [0.2, 0.25) is 0 Å². The van der Waals surface area contributed by atoms with Crippen LogP contribution < -0.4 is 25.2 Å². The number of nitrogens with one attached hydrogen (secondary N) is 2. The fraction of sp³-hybridized carbons (Fsp3) is 0.269. The molecule has 1 aliphatic heterocycles. The van der Waals surface area contributed by atoms with Gasteiger partial charge in [0.25, 0.3) is 0 Å². The highest BCUT2D eigenvalue weighted by molar-refractivity contribution is 6.15. The van der Waals surface area contributed by atoms with E-state index in [9.17, 15) is 14.4 Å². The SMILES string of the molecule is CCN1C(=O)N(c2c(F)cc(NCCNCCO)cc2F)c2cc(C#N)c(OC)cc2-c2cc(F)cnc21. The van der Waals surface area contributed by atoms with Crippen molar-refractivity contribution >= 4 is 28.9 Å². The van der Waals surface area contributed by atoms with Crippen molar-refractivity contribution in [2.45, 2.75) is 6.92 Å². The van der Waals surface area contributed by atoms with Gasteiger partial charge in [0.05, 0.1) is 31.2 Å². The Bertz CT molecular complexity index is 1390. The molecule has 0 aliphatic carbocycles. The van der Waals surface area contributed by atoms with Gasteiger partial charge in [-0.05, 0) is 37.3 Å². The fourth-order valence-corrected chi connectivity index (χ4v) is 4.27. The van der Waals surface area contributed by atoms with Crippen molar-refractivity contribution in [3.63, 3.8) is 0 Å². The van der Waals surface area contributed by atoms with Crippen molar-refractivity contribution in [1.82, 2.24) is 10.3 Å². The Hall–Kier alpha value is -4.34. The summed E-state index contributed by atoms with van der Waals surface area (Å²) in [6, 6.07) is 7.08. The quantitative estimate of drug-likeness (QED) is 0.359. The predicted octanol–water partition coefficient (Wildman–Crippen LogP) is 4.14. The van der Waals surface area contributed by atoms with Crippen LogP contribution in [0, 0.1) is 28.8 Å². The molecule has 0 spiro atoms. The summed E-state index contributed by atoms with van der Waals surface area (Å²) in [4.78, 5) is 19.9. The van der Waals surface area contributed by atoms with Crippen LogP contribution in [0.3, 0.4) is 0 Å². The lowest BCUT2D eigenvalue weighted by molar-refractivity contribution is 0.253. The maximum absolute atomic E-state index is 15.6. The summed E-state index contributed by atoms with van der Waals surface area (Å²) >= 11 is 0. The van der Waals surface area contributed by atoms with Gasteiger partial charge in [0.2, 0.25) is 0 Å². The van der Waals surface area contributed by atoms with E-state index in [0.717, 1.165) is 29.3 Å². The average Bonchev–Trinajstić information content (AvgIpc) is 2.99. The number of nitrogens with zero attached hydrogens (tertiary/aromatic N) is 4. The predicted molar refractivity (Wildman–Crippen MR) is 136 cm³/mol. The molecule has 2 heterocycles. The number of aliphatic hydroxyl groups excluding tert-OH is 1. The minimum atomic E-state index is -1.04. The lowest BCUT2D eigenvalue weighted by Gasteiger charge is -2.28. The van der Waals surface area contributed by atoms with Gasteiger partial charge in [-0.2, -0.15) is 5.26 Å². The second-order valence-corrected chi connectivity index (χ2v) is 8.26. The number of carbonyl (C=O) groups excluding carboxylic acids is 1. The Balaban J connectivity index is 1.90. The number of aromatic nitrogens is 1. The number of ether oxygens (including phenoxy) is 1. The number of amides is 2. The molecule has 1 aromatic heterocycles. The summed E-state index contributed by atoms with van der Waals surface area (Å²) in [5.74, 6) is -2.54. The number of anilines is 4. The number of benzene rings is 2. The summed E-state index contributed by atoms with van der Waals surface area (Å²) < 4.78 is 50.8. The summed E-state index contributed by atoms with van der Waals surface area (Å²) in [5, 5.41) is 24.3. The number of methoxy groups -OCH3 is 1. The first-order chi connectivity index (χ1) is 18.3. The second kappa shape index (κ2) is 11.4. The monoisotopic (exact) mass is 526 g/mol. The molecule has 0 radical (unpaired) electrons. The third-order valence-corrected chi connectivity index (χ3v) is 5.96. The largest absolute Gasteiger partial charge is 0.495 e. The first-order valence-corrected chi connectivity index (χ1v) is 11.8. The first-order valence-electron chi connectivity index (χ1n) is 11.8. The third-order valence-electron chi connectivity index (χ3n) is 5.96. The van der Waals surface area contributed by atoms with Gasteiger partial charge in [0, 0.05) is 43.0 Å². The van der Waals surface area contributed by atoms with Gasteiger partial charge in [-0.1, -0.05) is 0 Å². The number of nitriles is 1. The smallest absolute Gasteiger partial charge is 0.334 e. The summed E-state index contributed by atoms with van der Waals surface area (Å²) in [7, 11) is 1.34. The topological polar surface area (TPSA) is 114 Å². The summed E-state index contributed by atoms with van der Waals surface area (Å²) in [5.41, 5.74) is -0.166. The van der Waals surface area contributed by atoms with E-state index in [4.69, 9.17) is 9.84 Å². The van der Waals surface area contributed by atoms with Crippen molar-refractivity contribution in [3.05, 3.63) is 59.5 Å². The van der Waals surface area contributed by atoms with Crippen LogP contribution in [0.25, 0.3) is 11.1 Å². The molecule has 0 saturated carbocycles. The normalized spacial score (nSPS) is 12.5. The number of rotatable bonds is 9. The van der Waals surface area contributed by atoms with Gasteiger partial charge in [-0.25, -0.2) is 22.9 Å². The number of hydrogen-bond donors (Lipinski definition) is 3. The van der Waals surface area contributed by atoms with Gasteiger partial charge < -0.3 is 20.5 Å². The van der Waals surface area contributed by atoms with Crippen LogP contribution in [-0.2, 0) is 0 Å². The molecule has 0 fully saturated rings. The lowest BCUT2D eigenvalue weighted by Crippen LogP contribution is -2.41. The lowest BCUT2D eigenvalue weighted by atomic mass is 10.00. The minimum Gasteiger partial charge on any atom is -0.495 e. The van der Waals surface area contributed by atoms with E-state index in [-0.39, 0.29) is 52.8 Å². The Kier molecular flexibility index (Phi) is 7.99. The molecule has 2 amide bonds. The molecular weight excluding hydrogens is 501 g/mol. The number of urea groups is 1. The zero-order valence-electron chi connectivity index (χ0n) is 20.7. The molecular formula is C26H25F3N6O3. The van der Waals surface area contributed by atoms with E-state index in [0.29, 0.717) is 19.6 Å². The van der Waals surface area contributed by atoms with Crippen LogP contribution >= 0.6 is 0 Å². The zero-order chi connectivity index (χ0) is 27.4. The standard InChI is InChI=1S/C26H25F3N6O3/c1-3-34-25-19(9-16(27)14-33-25)18-12-23(38-2)15(13-30)8-22(18)35(26(34)37)24-20(28)10-17(11-21(24)29)32-5-4-31-6-7-36/h8-12,14,31-32,36H,3-7H2,1-2H3. The summed E-state index contributed by atoms with van der Waals surface area (Å²) in [6.07, 6.45) is 0.946. The first kappa shape index (κ1) is 26.7. The molecule has 198 valence electrons. The van der Waals surface area contributed by atoms with Gasteiger partial charge in [0.15, 0.2) is 11.6 Å². The number of carbonyl (C=O) groups is 1. The van der Waals surface area contributed by atoms with E-state index in [1.165, 1.54) is 24.1 Å². The molecule has 2 aromatic carbocycles. The van der Waals surface area contributed by atoms with Gasteiger partial charge in [0.1, 0.15) is 29.1 Å². The molecule has 12 heteroatoms. The zero-order valence-corrected chi connectivity index (χ0v) is 20.7. The van der Waals surface area contributed by atoms with Crippen LogP contribution in [-0.4, -0.2) is 56.0 Å². The van der Waals surface area contributed by atoms with Crippen molar-refractivity contribution in [1.29, 1.82) is 5.26 Å². The van der Waals surface area contributed by atoms with E-state index in [1.807, 2.05) is 6.07 Å². The molecule has 1 aliphatic rings. The van der Waals surface area contributed by atoms with E-state index in [2.05, 4.69) is 15.6 Å². The molecule has 0 unspecified atom stereocenters. The maximum atomic E-state index is 15.6. The van der Waals surface area contributed by atoms with E-state index < -0.39 is 29.2 Å². The van der Waals surface area contributed by atoms with Gasteiger partial charge in [-0.15, -0.1) is 0 Å². The van der Waals surface area contributed by atoms with Crippen LogP contribution in [0.1, 0.15) is 12.5 Å². The van der Waals surface area contributed by atoms with E-state index in [1.54, 1.807) is 6.92 Å². The average molecular weight is 527 g/mol. The Labute approximate surface area is 217 Å². The molecule has 3 aromatic rings. The highest BCUT2D eigenvalue weighted by Gasteiger charge is 2.37. The van der Waals surface area contributed by atoms with Crippen LogP contribution in [0.5, 0.6) is 5.75 Å². The van der Waals surface area contributed by atoms with Crippen molar-refractivity contribution in [2.24, 2.45) is 0 Å². The second-order valence-electron chi connectivity index (χ2n) is 8.26. The molecule has 9 nitrogen and oxygen atoms in total. The molecule has 0 atom stereocenters. The Morgan fingerprint density at radius 1 is 1.08 bits per heavy atom. The summed E-state index contributed by atoms with van der Waals surface area (Å²) in [6.45, 7) is 2.81. The van der Waals surface area contributed by atoms with Crippen LogP contribution in [0.4, 0.5) is 40.8 Å². The van der Waals surface area contributed by atoms with Crippen molar-refractivity contribution < 1.29 is 27.8 Å². The number of halogens is 3. The molecule has 38 heavy (non-hydrogen) atoms. The number of fused-ring (bicyclic) bond motifs is 3. The van der Waals surface area contributed by atoms with Crippen molar-refractivity contribution in [3.8, 4) is 22.9 Å². The van der Waals surface area contributed by atoms with Crippen LogP contribution in [0.15, 0.2) is 36.5 Å².